The number of nitrogens with zero attached hydrogens (tertiary/aromatic N) is 1. The number of rotatable bonds is 4. The number of esters is 1. The van der Waals surface area contributed by atoms with Crippen molar-refractivity contribution >= 4 is 5.97 Å². The molecule has 1 aromatic rings. The van der Waals surface area contributed by atoms with Crippen LogP contribution in [0.1, 0.15) is 11.1 Å². The summed E-state index contributed by atoms with van der Waals surface area (Å²) in [6.45, 7) is 2.64. The third-order valence-electron chi connectivity index (χ3n) is 2.38. The first-order valence-electron chi connectivity index (χ1n) is 5.03. The molecule has 0 aliphatic rings. The van der Waals surface area contributed by atoms with Crippen molar-refractivity contribution in [1.29, 1.82) is 0 Å². The summed E-state index contributed by atoms with van der Waals surface area (Å²) >= 11 is 0. The van der Waals surface area contributed by atoms with Gasteiger partial charge in [-0.2, -0.15) is 0 Å². The predicted octanol–water partition coefficient (Wildman–Crippen LogP) is 1.74. The molecule has 1 rings (SSSR count). The molecule has 3 nitrogen and oxygen atoms in total. The maximum absolute atomic E-state index is 13.0. The third-order valence-corrected chi connectivity index (χ3v) is 2.38. The normalized spacial score (nSPS) is 10.6. The van der Waals surface area contributed by atoms with Gasteiger partial charge in [0.25, 0.3) is 0 Å². The monoisotopic (exact) mass is 225 g/mol. The van der Waals surface area contributed by atoms with E-state index >= 15 is 0 Å². The lowest BCUT2D eigenvalue weighted by atomic mass is 10.1. The minimum atomic E-state index is -0.295. The fraction of sp³-hybridized carbons (Fsp3) is 0.417. The molecule has 0 aliphatic carbocycles. The Kier molecular flexibility index (Phi) is 4.43. The number of carbonyl (C=O) groups excluding carboxylic acids is 1. The van der Waals surface area contributed by atoms with Crippen molar-refractivity contribution in [3.8, 4) is 0 Å². The molecule has 0 heterocycles. The van der Waals surface area contributed by atoms with Crippen molar-refractivity contribution in [2.45, 2.75) is 13.5 Å². The first-order chi connectivity index (χ1) is 7.52. The molecule has 0 amide bonds. The van der Waals surface area contributed by atoms with Crippen molar-refractivity contribution in [3.63, 3.8) is 0 Å². The fourth-order valence-corrected chi connectivity index (χ4v) is 1.44. The highest BCUT2D eigenvalue weighted by Gasteiger charge is 2.08. The van der Waals surface area contributed by atoms with E-state index < -0.39 is 0 Å². The molecule has 0 fully saturated rings. The summed E-state index contributed by atoms with van der Waals surface area (Å²) in [5.41, 5.74) is 1.89. The van der Waals surface area contributed by atoms with Gasteiger partial charge in [-0.15, -0.1) is 0 Å². The summed E-state index contributed by atoms with van der Waals surface area (Å²) in [6, 6.07) is 4.65. The maximum atomic E-state index is 13.0. The number of methoxy groups -OCH3 is 1. The second-order valence-corrected chi connectivity index (χ2v) is 3.82. The standard InChI is InChI=1S/C12H16FNO2/c1-9-4-5-11(13)6-10(9)7-14(2)8-12(15)16-3/h4-6H,7-8H2,1-3H3. The summed E-state index contributed by atoms with van der Waals surface area (Å²) in [5.74, 6) is -0.552. The van der Waals surface area contributed by atoms with Gasteiger partial charge in [-0.1, -0.05) is 6.07 Å². The van der Waals surface area contributed by atoms with Crippen LogP contribution in [0, 0.1) is 12.7 Å². The van der Waals surface area contributed by atoms with Gasteiger partial charge >= 0.3 is 5.97 Å². The van der Waals surface area contributed by atoms with Gasteiger partial charge < -0.3 is 4.74 Å². The summed E-state index contributed by atoms with van der Waals surface area (Å²) in [7, 11) is 3.14. The Balaban J connectivity index is 2.65. The topological polar surface area (TPSA) is 29.5 Å². The van der Waals surface area contributed by atoms with Crippen molar-refractivity contribution in [2.24, 2.45) is 0 Å². The van der Waals surface area contributed by atoms with Crippen LogP contribution in [-0.2, 0) is 16.1 Å². The first kappa shape index (κ1) is 12.6. The molecule has 88 valence electrons. The van der Waals surface area contributed by atoms with Crippen LogP contribution in [0.2, 0.25) is 0 Å². The molecule has 0 aliphatic heterocycles. The molecule has 0 saturated carbocycles. The highest BCUT2D eigenvalue weighted by atomic mass is 19.1. The zero-order chi connectivity index (χ0) is 12.1. The number of benzene rings is 1. The molecule has 0 saturated heterocycles. The average molecular weight is 225 g/mol. The first-order valence-corrected chi connectivity index (χ1v) is 5.03. The second-order valence-electron chi connectivity index (χ2n) is 3.82. The van der Waals surface area contributed by atoms with E-state index in [1.807, 2.05) is 6.92 Å². The molecule has 0 unspecified atom stereocenters. The van der Waals surface area contributed by atoms with Gasteiger partial charge in [-0.25, -0.2) is 4.39 Å². The summed E-state index contributed by atoms with van der Waals surface area (Å²) in [5, 5.41) is 0. The molecule has 4 heteroatoms. The molecule has 0 aromatic heterocycles. The van der Waals surface area contributed by atoms with Crippen LogP contribution in [0.4, 0.5) is 4.39 Å². The van der Waals surface area contributed by atoms with Crippen molar-refractivity contribution in [1.82, 2.24) is 4.90 Å². The van der Waals surface area contributed by atoms with E-state index in [-0.39, 0.29) is 18.3 Å². The predicted molar refractivity (Wildman–Crippen MR) is 59.5 cm³/mol. The Morgan fingerprint density at radius 3 is 2.81 bits per heavy atom. The van der Waals surface area contributed by atoms with Gasteiger partial charge in [0, 0.05) is 6.54 Å². The average Bonchev–Trinajstić information content (AvgIpc) is 2.23. The molecule has 0 atom stereocenters. The quantitative estimate of drug-likeness (QED) is 0.731. The van der Waals surface area contributed by atoms with Crippen LogP contribution < -0.4 is 0 Å². The van der Waals surface area contributed by atoms with E-state index in [0.717, 1.165) is 11.1 Å². The Bertz CT molecular complexity index is 379. The van der Waals surface area contributed by atoms with Crippen LogP contribution >= 0.6 is 0 Å². The Morgan fingerprint density at radius 1 is 1.50 bits per heavy atom. The number of hydrogen-bond donors (Lipinski definition) is 0. The van der Waals surface area contributed by atoms with E-state index in [1.54, 1.807) is 18.0 Å². The van der Waals surface area contributed by atoms with E-state index in [4.69, 9.17) is 0 Å². The van der Waals surface area contributed by atoms with Crippen molar-refractivity contribution in [2.75, 3.05) is 20.7 Å². The van der Waals surface area contributed by atoms with Gasteiger partial charge in [0.1, 0.15) is 5.82 Å². The molecule has 0 N–H and O–H groups in total. The minimum absolute atomic E-state index is 0.201. The van der Waals surface area contributed by atoms with Crippen LogP contribution in [-0.4, -0.2) is 31.6 Å². The number of halogens is 1. The Hall–Kier alpha value is -1.42. The zero-order valence-corrected chi connectivity index (χ0v) is 9.79. The Morgan fingerprint density at radius 2 is 2.19 bits per heavy atom. The number of carbonyl (C=O) groups is 1. The van der Waals surface area contributed by atoms with E-state index in [9.17, 15) is 9.18 Å². The van der Waals surface area contributed by atoms with Crippen LogP contribution in [0.25, 0.3) is 0 Å². The van der Waals surface area contributed by atoms with Crippen LogP contribution in [0.3, 0.4) is 0 Å². The Labute approximate surface area is 94.8 Å². The number of likely N-dealkylation sites (N-methyl/N-ethyl adjacent to an activating group) is 1. The molecule has 0 radical (unpaired) electrons. The van der Waals surface area contributed by atoms with E-state index in [2.05, 4.69) is 4.74 Å². The lowest BCUT2D eigenvalue weighted by molar-refractivity contribution is -0.141. The number of ether oxygens (including phenoxy) is 1. The molecular formula is C12H16FNO2. The van der Waals surface area contributed by atoms with Crippen molar-refractivity contribution < 1.29 is 13.9 Å². The highest BCUT2D eigenvalue weighted by molar-refractivity contribution is 5.71. The fourth-order valence-electron chi connectivity index (χ4n) is 1.44. The summed E-state index contributed by atoms with van der Waals surface area (Å²) in [6.07, 6.45) is 0. The zero-order valence-electron chi connectivity index (χ0n) is 9.79. The summed E-state index contributed by atoms with van der Waals surface area (Å²) < 4.78 is 17.6. The van der Waals surface area contributed by atoms with Crippen LogP contribution in [0.5, 0.6) is 0 Å². The van der Waals surface area contributed by atoms with Gasteiger partial charge in [0.2, 0.25) is 0 Å². The SMILES string of the molecule is COC(=O)CN(C)Cc1cc(F)ccc1C. The number of aryl methyl sites for hydroxylation is 1. The molecule has 1 aromatic carbocycles. The second kappa shape index (κ2) is 5.61. The largest absolute Gasteiger partial charge is 0.468 e. The van der Waals surface area contributed by atoms with Crippen LogP contribution in [0.15, 0.2) is 18.2 Å². The van der Waals surface area contributed by atoms with Gasteiger partial charge in [0.05, 0.1) is 13.7 Å². The van der Waals surface area contributed by atoms with E-state index in [0.29, 0.717) is 6.54 Å². The van der Waals surface area contributed by atoms with Gasteiger partial charge in [-0.05, 0) is 37.2 Å². The van der Waals surface area contributed by atoms with Gasteiger partial charge in [-0.3, -0.25) is 9.69 Å². The lowest BCUT2D eigenvalue weighted by Crippen LogP contribution is -2.26. The van der Waals surface area contributed by atoms with Crippen molar-refractivity contribution in [3.05, 3.63) is 35.1 Å². The molecule has 0 bridgehead atoms. The third kappa shape index (κ3) is 3.62. The molecular weight excluding hydrogens is 209 g/mol. The highest BCUT2D eigenvalue weighted by Crippen LogP contribution is 2.12. The lowest BCUT2D eigenvalue weighted by Gasteiger charge is -2.16. The smallest absolute Gasteiger partial charge is 0.319 e. The number of hydrogen-bond acceptors (Lipinski definition) is 3. The summed E-state index contributed by atoms with van der Waals surface area (Å²) in [4.78, 5) is 12.8. The van der Waals surface area contributed by atoms with E-state index in [1.165, 1.54) is 19.2 Å². The molecule has 16 heavy (non-hydrogen) atoms. The maximum Gasteiger partial charge on any atom is 0.319 e. The van der Waals surface area contributed by atoms with Gasteiger partial charge in [0.15, 0.2) is 0 Å². The molecule has 0 spiro atoms. The minimum Gasteiger partial charge on any atom is -0.468 e.